The molecule has 0 heterocycles. The average molecular weight is 246 g/mol. The lowest BCUT2D eigenvalue weighted by atomic mass is 10.1. The van der Waals surface area contributed by atoms with Crippen molar-refractivity contribution in [2.24, 2.45) is 5.92 Å². The van der Waals surface area contributed by atoms with Crippen LogP contribution in [0, 0.1) is 5.92 Å². The fourth-order valence-electron chi connectivity index (χ4n) is 2.17. The Morgan fingerprint density at radius 3 is 2.72 bits per heavy atom. The molecule has 0 aromatic heterocycles. The molecule has 1 saturated carbocycles. The number of hydrogen-bond acceptors (Lipinski definition) is 2. The number of carbonyl (C=O) groups is 1. The highest BCUT2D eigenvalue weighted by molar-refractivity contribution is 5.80. The molecule has 0 radical (unpaired) electrons. The van der Waals surface area contributed by atoms with Gasteiger partial charge in [0.25, 0.3) is 0 Å². The lowest BCUT2D eigenvalue weighted by Crippen LogP contribution is -2.34. The SMILES string of the molecule is CCCN(CC1CC1)C(=O)Cc1ccccc1N. The summed E-state index contributed by atoms with van der Waals surface area (Å²) in [7, 11) is 0. The predicted octanol–water partition coefficient (Wildman–Crippen LogP) is 2.46. The zero-order valence-electron chi connectivity index (χ0n) is 11.1. The summed E-state index contributed by atoms with van der Waals surface area (Å²) in [5.74, 6) is 0.954. The van der Waals surface area contributed by atoms with E-state index in [1.165, 1.54) is 12.8 Å². The van der Waals surface area contributed by atoms with E-state index in [4.69, 9.17) is 5.73 Å². The van der Waals surface area contributed by atoms with Crippen LogP contribution in [0.4, 0.5) is 5.69 Å². The van der Waals surface area contributed by atoms with E-state index in [1.807, 2.05) is 29.2 Å². The molecular weight excluding hydrogens is 224 g/mol. The van der Waals surface area contributed by atoms with Crippen LogP contribution >= 0.6 is 0 Å². The van der Waals surface area contributed by atoms with Gasteiger partial charge >= 0.3 is 0 Å². The van der Waals surface area contributed by atoms with Gasteiger partial charge in [0, 0.05) is 18.8 Å². The number of anilines is 1. The van der Waals surface area contributed by atoms with Crippen molar-refractivity contribution in [1.82, 2.24) is 4.90 Å². The topological polar surface area (TPSA) is 46.3 Å². The third-order valence-corrected chi connectivity index (χ3v) is 3.42. The minimum Gasteiger partial charge on any atom is -0.398 e. The van der Waals surface area contributed by atoms with Crippen molar-refractivity contribution in [3.8, 4) is 0 Å². The highest BCUT2D eigenvalue weighted by Gasteiger charge is 2.26. The highest BCUT2D eigenvalue weighted by Crippen LogP contribution is 2.30. The molecule has 1 fully saturated rings. The van der Waals surface area contributed by atoms with Crippen molar-refractivity contribution >= 4 is 11.6 Å². The van der Waals surface area contributed by atoms with Gasteiger partial charge in [-0.15, -0.1) is 0 Å². The molecule has 3 heteroatoms. The zero-order valence-corrected chi connectivity index (χ0v) is 11.1. The normalized spacial score (nSPS) is 14.5. The summed E-state index contributed by atoms with van der Waals surface area (Å²) < 4.78 is 0. The lowest BCUT2D eigenvalue weighted by Gasteiger charge is -2.22. The van der Waals surface area contributed by atoms with Crippen LogP contribution in [0.15, 0.2) is 24.3 Å². The number of para-hydroxylation sites is 1. The Kier molecular flexibility index (Phi) is 4.24. The molecule has 1 aliphatic carbocycles. The molecular formula is C15H22N2O. The van der Waals surface area contributed by atoms with Gasteiger partial charge in [-0.2, -0.15) is 0 Å². The summed E-state index contributed by atoms with van der Waals surface area (Å²) in [6, 6.07) is 7.63. The van der Waals surface area contributed by atoms with Gasteiger partial charge < -0.3 is 10.6 Å². The number of nitrogens with two attached hydrogens (primary N) is 1. The quantitative estimate of drug-likeness (QED) is 0.784. The third-order valence-electron chi connectivity index (χ3n) is 3.42. The van der Waals surface area contributed by atoms with Gasteiger partial charge in [-0.3, -0.25) is 4.79 Å². The number of nitrogens with zero attached hydrogens (tertiary/aromatic N) is 1. The molecule has 1 amide bonds. The maximum Gasteiger partial charge on any atom is 0.227 e. The Morgan fingerprint density at radius 1 is 1.39 bits per heavy atom. The molecule has 98 valence electrons. The van der Waals surface area contributed by atoms with Crippen LogP contribution in [0.5, 0.6) is 0 Å². The number of carbonyl (C=O) groups excluding carboxylic acids is 1. The minimum absolute atomic E-state index is 0.210. The van der Waals surface area contributed by atoms with Gasteiger partial charge in [0.15, 0.2) is 0 Å². The van der Waals surface area contributed by atoms with Crippen LogP contribution in [0.25, 0.3) is 0 Å². The maximum atomic E-state index is 12.3. The monoisotopic (exact) mass is 246 g/mol. The summed E-state index contributed by atoms with van der Waals surface area (Å²) in [6.07, 6.45) is 4.00. The highest BCUT2D eigenvalue weighted by atomic mass is 16.2. The molecule has 0 bridgehead atoms. The second-order valence-electron chi connectivity index (χ2n) is 5.16. The molecule has 0 aliphatic heterocycles. The van der Waals surface area contributed by atoms with Crippen molar-refractivity contribution < 1.29 is 4.79 Å². The van der Waals surface area contributed by atoms with Gasteiger partial charge in [0.05, 0.1) is 6.42 Å². The van der Waals surface area contributed by atoms with Crippen LogP contribution in [0.3, 0.4) is 0 Å². The van der Waals surface area contributed by atoms with Crippen LogP contribution < -0.4 is 5.73 Å². The Labute approximate surface area is 109 Å². The van der Waals surface area contributed by atoms with Crippen LogP contribution in [-0.2, 0) is 11.2 Å². The van der Waals surface area contributed by atoms with E-state index in [1.54, 1.807) is 0 Å². The summed E-state index contributed by atoms with van der Waals surface area (Å²) >= 11 is 0. The Morgan fingerprint density at radius 2 is 2.11 bits per heavy atom. The molecule has 1 aromatic carbocycles. The van der Waals surface area contributed by atoms with E-state index in [-0.39, 0.29) is 5.91 Å². The largest absolute Gasteiger partial charge is 0.398 e. The van der Waals surface area contributed by atoms with Crippen molar-refractivity contribution in [3.63, 3.8) is 0 Å². The zero-order chi connectivity index (χ0) is 13.0. The molecule has 0 atom stereocenters. The van der Waals surface area contributed by atoms with E-state index in [2.05, 4.69) is 6.92 Å². The first-order valence-corrected chi connectivity index (χ1v) is 6.82. The van der Waals surface area contributed by atoms with Crippen LogP contribution in [-0.4, -0.2) is 23.9 Å². The number of amides is 1. The van der Waals surface area contributed by atoms with Crippen molar-refractivity contribution in [1.29, 1.82) is 0 Å². The van der Waals surface area contributed by atoms with E-state index >= 15 is 0 Å². The van der Waals surface area contributed by atoms with Gasteiger partial charge in [-0.25, -0.2) is 0 Å². The molecule has 3 nitrogen and oxygen atoms in total. The predicted molar refractivity (Wildman–Crippen MR) is 74.2 cm³/mol. The van der Waals surface area contributed by atoms with Crippen LogP contribution in [0.1, 0.15) is 31.7 Å². The smallest absolute Gasteiger partial charge is 0.227 e. The standard InChI is InChI=1S/C15H22N2O/c1-2-9-17(11-12-7-8-12)15(18)10-13-5-3-4-6-14(13)16/h3-6,12H,2,7-11,16H2,1H3. The molecule has 2 N–H and O–H groups in total. The van der Waals surface area contributed by atoms with E-state index in [9.17, 15) is 4.79 Å². The molecule has 1 aliphatic rings. The first-order chi connectivity index (χ1) is 8.70. The number of benzene rings is 1. The first kappa shape index (κ1) is 12.9. The Bertz CT molecular complexity index is 413. The molecule has 1 aromatic rings. The van der Waals surface area contributed by atoms with E-state index in [0.29, 0.717) is 12.1 Å². The summed E-state index contributed by atoms with van der Waals surface area (Å²) in [5, 5.41) is 0. The van der Waals surface area contributed by atoms with Gasteiger partial charge in [0.1, 0.15) is 0 Å². The van der Waals surface area contributed by atoms with E-state index in [0.717, 1.165) is 31.0 Å². The lowest BCUT2D eigenvalue weighted by molar-refractivity contribution is -0.130. The molecule has 0 unspecified atom stereocenters. The minimum atomic E-state index is 0.210. The molecule has 2 rings (SSSR count). The Balaban J connectivity index is 1.97. The second-order valence-corrected chi connectivity index (χ2v) is 5.16. The summed E-state index contributed by atoms with van der Waals surface area (Å²) in [5.41, 5.74) is 7.55. The van der Waals surface area contributed by atoms with Gasteiger partial charge in [-0.1, -0.05) is 25.1 Å². The maximum absolute atomic E-state index is 12.3. The van der Waals surface area contributed by atoms with E-state index < -0.39 is 0 Å². The molecule has 0 saturated heterocycles. The van der Waals surface area contributed by atoms with Crippen molar-refractivity contribution in [2.75, 3.05) is 18.8 Å². The van der Waals surface area contributed by atoms with Gasteiger partial charge in [0.2, 0.25) is 5.91 Å². The fraction of sp³-hybridized carbons (Fsp3) is 0.533. The number of rotatable bonds is 6. The van der Waals surface area contributed by atoms with Crippen LogP contribution in [0.2, 0.25) is 0 Å². The third kappa shape index (κ3) is 3.49. The second kappa shape index (κ2) is 5.89. The Hall–Kier alpha value is -1.51. The number of nitrogen functional groups attached to an aromatic ring is 1. The number of hydrogen-bond donors (Lipinski definition) is 1. The first-order valence-electron chi connectivity index (χ1n) is 6.82. The molecule has 18 heavy (non-hydrogen) atoms. The van der Waals surface area contributed by atoms with Gasteiger partial charge in [-0.05, 0) is 36.8 Å². The fourth-order valence-corrected chi connectivity index (χ4v) is 2.17. The average Bonchev–Trinajstić information content (AvgIpc) is 3.15. The van der Waals surface area contributed by atoms with Crippen molar-refractivity contribution in [3.05, 3.63) is 29.8 Å². The van der Waals surface area contributed by atoms with Crippen molar-refractivity contribution in [2.45, 2.75) is 32.6 Å². The summed E-state index contributed by atoms with van der Waals surface area (Å²) in [4.78, 5) is 14.3. The summed E-state index contributed by atoms with van der Waals surface area (Å²) in [6.45, 7) is 3.91. The molecule has 0 spiro atoms.